The summed E-state index contributed by atoms with van der Waals surface area (Å²) in [5, 5.41) is 20.4. The molecule has 1 aromatic rings. The summed E-state index contributed by atoms with van der Waals surface area (Å²) in [5.74, 6) is 0. The van der Waals surface area contributed by atoms with Crippen molar-refractivity contribution in [3.05, 3.63) is 34.4 Å². The molecular weight excluding hydrogens is 286 g/mol. The molecule has 0 aliphatic carbocycles. The number of nitro groups is 1. The number of benzene rings is 1. The van der Waals surface area contributed by atoms with Crippen molar-refractivity contribution in [3.8, 4) is 0 Å². The van der Waals surface area contributed by atoms with E-state index in [0.717, 1.165) is 38.4 Å². The zero-order valence-corrected chi connectivity index (χ0v) is 12.9. The number of piperazine rings is 1. The molecule has 122 valence electrons. The van der Waals surface area contributed by atoms with Crippen LogP contribution in [0.4, 0.5) is 11.4 Å². The zero-order chi connectivity index (χ0) is 15.9. The van der Waals surface area contributed by atoms with E-state index in [2.05, 4.69) is 9.80 Å². The lowest BCUT2D eigenvalue weighted by Crippen LogP contribution is -2.47. The van der Waals surface area contributed by atoms with Gasteiger partial charge in [-0.1, -0.05) is 6.07 Å². The lowest BCUT2D eigenvalue weighted by Gasteiger charge is -2.36. The summed E-state index contributed by atoms with van der Waals surface area (Å²) in [6.07, 6.45) is -0.0928. The van der Waals surface area contributed by atoms with E-state index in [4.69, 9.17) is 4.74 Å². The van der Waals surface area contributed by atoms with E-state index in [1.807, 2.05) is 13.0 Å². The molecule has 2 rings (SSSR count). The Kier molecular flexibility index (Phi) is 6.11. The molecule has 7 heteroatoms. The molecule has 0 amide bonds. The first-order chi connectivity index (χ1) is 10.6. The van der Waals surface area contributed by atoms with Gasteiger partial charge in [-0.2, -0.15) is 0 Å². The molecule has 1 aromatic carbocycles. The standard InChI is InChI=1S/C15H23N3O4/c1-2-22-15(19)6-7-16-8-10-17(11-9-16)13-4-3-5-14(12-13)18(20)21/h3-5,12,15,19H,2,6-11H2,1H3. The van der Waals surface area contributed by atoms with E-state index in [1.54, 1.807) is 12.1 Å². The van der Waals surface area contributed by atoms with Gasteiger partial charge in [0.2, 0.25) is 0 Å². The normalized spacial score (nSPS) is 17.5. The SMILES string of the molecule is CCOC(O)CCN1CCN(c2cccc([N+](=O)[O-])c2)CC1. The van der Waals surface area contributed by atoms with E-state index in [9.17, 15) is 15.2 Å². The lowest BCUT2D eigenvalue weighted by atomic mass is 10.2. The van der Waals surface area contributed by atoms with E-state index >= 15 is 0 Å². The molecule has 1 aliphatic heterocycles. The summed E-state index contributed by atoms with van der Waals surface area (Å²) in [6.45, 7) is 6.58. The van der Waals surface area contributed by atoms with Gasteiger partial charge in [0.25, 0.3) is 5.69 Å². The minimum absolute atomic E-state index is 0.125. The van der Waals surface area contributed by atoms with E-state index in [-0.39, 0.29) is 10.6 Å². The molecule has 0 radical (unpaired) electrons. The van der Waals surface area contributed by atoms with Crippen LogP contribution in [0.15, 0.2) is 24.3 Å². The summed E-state index contributed by atoms with van der Waals surface area (Å²) >= 11 is 0. The van der Waals surface area contributed by atoms with Crippen LogP contribution >= 0.6 is 0 Å². The maximum Gasteiger partial charge on any atom is 0.271 e. The Morgan fingerprint density at radius 1 is 1.36 bits per heavy atom. The Morgan fingerprint density at radius 3 is 2.73 bits per heavy atom. The molecule has 7 nitrogen and oxygen atoms in total. The minimum atomic E-state index is -0.695. The molecule has 1 heterocycles. The maximum atomic E-state index is 10.8. The van der Waals surface area contributed by atoms with Crippen LogP contribution in [-0.4, -0.2) is 60.6 Å². The van der Waals surface area contributed by atoms with Gasteiger partial charge in [-0.3, -0.25) is 15.0 Å². The van der Waals surface area contributed by atoms with Gasteiger partial charge in [-0.25, -0.2) is 0 Å². The predicted molar refractivity (Wildman–Crippen MR) is 84.0 cm³/mol. The number of non-ortho nitro benzene ring substituents is 1. The fourth-order valence-corrected chi connectivity index (χ4v) is 2.60. The fourth-order valence-electron chi connectivity index (χ4n) is 2.60. The molecule has 0 aromatic heterocycles. The van der Waals surface area contributed by atoms with Crippen molar-refractivity contribution in [2.45, 2.75) is 19.6 Å². The van der Waals surface area contributed by atoms with Crippen molar-refractivity contribution in [2.75, 3.05) is 44.2 Å². The van der Waals surface area contributed by atoms with Gasteiger partial charge in [0.05, 0.1) is 4.92 Å². The lowest BCUT2D eigenvalue weighted by molar-refractivity contribution is -0.384. The van der Waals surface area contributed by atoms with E-state index in [0.29, 0.717) is 13.0 Å². The van der Waals surface area contributed by atoms with Gasteiger partial charge in [0.15, 0.2) is 6.29 Å². The molecular formula is C15H23N3O4. The first-order valence-electron chi connectivity index (χ1n) is 7.61. The largest absolute Gasteiger partial charge is 0.369 e. The van der Waals surface area contributed by atoms with Crippen LogP contribution in [0.25, 0.3) is 0 Å². The number of anilines is 1. The van der Waals surface area contributed by atoms with Crippen LogP contribution < -0.4 is 4.90 Å². The highest BCUT2D eigenvalue weighted by Gasteiger charge is 2.19. The molecule has 0 saturated carbocycles. The van der Waals surface area contributed by atoms with Crippen molar-refractivity contribution >= 4 is 11.4 Å². The highest BCUT2D eigenvalue weighted by molar-refractivity contribution is 5.53. The molecule has 0 bridgehead atoms. The number of aliphatic hydroxyl groups is 1. The first-order valence-corrected chi connectivity index (χ1v) is 7.61. The Morgan fingerprint density at radius 2 is 2.09 bits per heavy atom. The van der Waals surface area contributed by atoms with Gasteiger partial charge < -0.3 is 14.7 Å². The molecule has 1 aliphatic rings. The molecule has 1 saturated heterocycles. The Hall–Kier alpha value is -1.70. The Labute approximate surface area is 130 Å². The second-order valence-corrected chi connectivity index (χ2v) is 5.30. The number of hydrogen-bond acceptors (Lipinski definition) is 6. The van der Waals surface area contributed by atoms with Crippen molar-refractivity contribution < 1.29 is 14.8 Å². The molecule has 0 spiro atoms. The van der Waals surface area contributed by atoms with Crippen molar-refractivity contribution in [3.63, 3.8) is 0 Å². The van der Waals surface area contributed by atoms with Crippen molar-refractivity contribution in [1.29, 1.82) is 0 Å². The monoisotopic (exact) mass is 309 g/mol. The summed E-state index contributed by atoms with van der Waals surface area (Å²) < 4.78 is 5.11. The molecule has 1 unspecified atom stereocenters. The highest BCUT2D eigenvalue weighted by atomic mass is 16.6. The van der Waals surface area contributed by atoms with Crippen molar-refractivity contribution in [1.82, 2.24) is 4.90 Å². The first kappa shape index (κ1) is 16.7. The molecule has 1 fully saturated rings. The predicted octanol–water partition coefficient (Wildman–Crippen LogP) is 1.46. The van der Waals surface area contributed by atoms with E-state index in [1.165, 1.54) is 6.07 Å². The van der Waals surface area contributed by atoms with Crippen LogP contribution in [0.3, 0.4) is 0 Å². The third-order valence-corrected chi connectivity index (χ3v) is 3.83. The van der Waals surface area contributed by atoms with Gasteiger partial charge >= 0.3 is 0 Å². The third kappa shape index (κ3) is 4.66. The van der Waals surface area contributed by atoms with Gasteiger partial charge in [-0.05, 0) is 13.0 Å². The van der Waals surface area contributed by atoms with Crippen LogP contribution in [-0.2, 0) is 4.74 Å². The topological polar surface area (TPSA) is 79.1 Å². The second kappa shape index (κ2) is 8.07. The zero-order valence-electron chi connectivity index (χ0n) is 12.9. The van der Waals surface area contributed by atoms with Gasteiger partial charge in [0.1, 0.15) is 0 Å². The van der Waals surface area contributed by atoms with Crippen LogP contribution in [0.5, 0.6) is 0 Å². The maximum absolute atomic E-state index is 10.8. The quantitative estimate of drug-likeness (QED) is 0.467. The number of nitro benzene ring substituents is 1. The number of hydrogen-bond donors (Lipinski definition) is 1. The Balaban J connectivity index is 1.82. The number of ether oxygens (including phenoxy) is 1. The number of nitrogens with zero attached hydrogens (tertiary/aromatic N) is 3. The minimum Gasteiger partial charge on any atom is -0.369 e. The summed E-state index contributed by atoms with van der Waals surface area (Å²) in [5.41, 5.74) is 1.02. The molecule has 1 atom stereocenters. The smallest absolute Gasteiger partial charge is 0.271 e. The third-order valence-electron chi connectivity index (χ3n) is 3.83. The second-order valence-electron chi connectivity index (χ2n) is 5.30. The average molecular weight is 309 g/mol. The molecule has 1 N–H and O–H groups in total. The highest BCUT2D eigenvalue weighted by Crippen LogP contribution is 2.22. The van der Waals surface area contributed by atoms with Crippen LogP contribution in [0.2, 0.25) is 0 Å². The van der Waals surface area contributed by atoms with Gasteiger partial charge in [-0.15, -0.1) is 0 Å². The van der Waals surface area contributed by atoms with Crippen molar-refractivity contribution in [2.24, 2.45) is 0 Å². The average Bonchev–Trinajstić information content (AvgIpc) is 2.54. The number of rotatable bonds is 7. The Bertz CT molecular complexity index is 489. The van der Waals surface area contributed by atoms with Gasteiger partial charge in [0, 0.05) is 63.6 Å². The summed E-state index contributed by atoms with van der Waals surface area (Å²) in [4.78, 5) is 14.9. The molecule has 22 heavy (non-hydrogen) atoms. The van der Waals surface area contributed by atoms with E-state index < -0.39 is 6.29 Å². The summed E-state index contributed by atoms with van der Waals surface area (Å²) in [6, 6.07) is 6.75. The van der Waals surface area contributed by atoms with Crippen LogP contribution in [0.1, 0.15) is 13.3 Å². The summed E-state index contributed by atoms with van der Waals surface area (Å²) in [7, 11) is 0. The van der Waals surface area contributed by atoms with Crippen LogP contribution in [0, 0.1) is 10.1 Å². The fraction of sp³-hybridized carbons (Fsp3) is 0.600. The number of aliphatic hydroxyl groups excluding tert-OH is 1.